The zero-order valence-corrected chi connectivity index (χ0v) is 12.1. The first-order valence-corrected chi connectivity index (χ1v) is 6.53. The van der Waals surface area contributed by atoms with Crippen molar-refractivity contribution in [2.24, 2.45) is 11.8 Å². The van der Waals surface area contributed by atoms with Crippen molar-refractivity contribution < 1.29 is 19.6 Å². The number of nitro groups is 1. The standard InChI is InChI=1S/C14H18N2O5/c1-8(2)9(3)7-15-13(17)10-4-11(14(18)19)6-12(5-10)16(20)21/h4-6,8-9H,7H2,1-3H3,(H,15,17)(H,18,19). The number of carbonyl (C=O) groups is 2. The number of carboxylic acids is 1. The molecule has 1 aromatic carbocycles. The summed E-state index contributed by atoms with van der Waals surface area (Å²) in [7, 11) is 0. The molecule has 114 valence electrons. The molecule has 0 aliphatic carbocycles. The molecular formula is C14H18N2O5. The van der Waals surface area contributed by atoms with E-state index in [1.807, 2.05) is 20.8 Å². The number of aromatic carboxylic acids is 1. The van der Waals surface area contributed by atoms with Gasteiger partial charge in [-0.2, -0.15) is 0 Å². The number of carboxylic acid groups (broad SMARTS) is 1. The molecule has 7 heteroatoms. The van der Waals surface area contributed by atoms with Gasteiger partial charge in [0.05, 0.1) is 10.5 Å². The fourth-order valence-electron chi connectivity index (χ4n) is 1.56. The Kier molecular flexibility index (Phi) is 5.40. The summed E-state index contributed by atoms with van der Waals surface area (Å²) in [5, 5.41) is 22.4. The highest BCUT2D eigenvalue weighted by Crippen LogP contribution is 2.18. The van der Waals surface area contributed by atoms with Crippen LogP contribution in [0, 0.1) is 22.0 Å². The van der Waals surface area contributed by atoms with Crippen LogP contribution in [0.25, 0.3) is 0 Å². The van der Waals surface area contributed by atoms with Crippen molar-refractivity contribution in [3.05, 3.63) is 39.4 Å². The minimum absolute atomic E-state index is 0.0300. The third kappa shape index (κ3) is 4.55. The number of benzene rings is 1. The summed E-state index contributed by atoms with van der Waals surface area (Å²) in [5.41, 5.74) is -0.735. The Morgan fingerprint density at radius 1 is 1.24 bits per heavy atom. The second-order valence-corrected chi connectivity index (χ2v) is 5.26. The first kappa shape index (κ1) is 16.6. The van der Waals surface area contributed by atoms with Gasteiger partial charge in [-0.15, -0.1) is 0 Å². The zero-order valence-electron chi connectivity index (χ0n) is 12.1. The van der Waals surface area contributed by atoms with Crippen molar-refractivity contribution in [3.63, 3.8) is 0 Å². The van der Waals surface area contributed by atoms with Crippen LogP contribution in [-0.2, 0) is 0 Å². The summed E-state index contributed by atoms with van der Waals surface area (Å²) in [6.45, 7) is 6.43. The highest BCUT2D eigenvalue weighted by molar-refractivity contribution is 5.98. The number of nitro benzene ring substituents is 1. The Labute approximate surface area is 122 Å². The van der Waals surface area contributed by atoms with Crippen molar-refractivity contribution in [3.8, 4) is 0 Å². The second kappa shape index (κ2) is 6.83. The summed E-state index contributed by atoms with van der Waals surface area (Å²) in [5.74, 6) is -1.21. The van der Waals surface area contributed by atoms with E-state index in [1.54, 1.807) is 0 Å². The molecule has 0 saturated carbocycles. The van der Waals surface area contributed by atoms with E-state index in [4.69, 9.17) is 5.11 Å². The molecule has 0 aromatic heterocycles. The van der Waals surface area contributed by atoms with Gasteiger partial charge in [0.1, 0.15) is 0 Å². The number of non-ortho nitro benzene ring substituents is 1. The van der Waals surface area contributed by atoms with Crippen LogP contribution in [0.5, 0.6) is 0 Å². The molecule has 0 spiro atoms. The Morgan fingerprint density at radius 3 is 2.29 bits per heavy atom. The van der Waals surface area contributed by atoms with Crippen LogP contribution in [0.15, 0.2) is 18.2 Å². The van der Waals surface area contributed by atoms with Gasteiger partial charge in [-0.05, 0) is 17.9 Å². The minimum Gasteiger partial charge on any atom is -0.478 e. The van der Waals surface area contributed by atoms with Gasteiger partial charge in [0.2, 0.25) is 0 Å². The molecular weight excluding hydrogens is 276 g/mol. The van der Waals surface area contributed by atoms with Gasteiger partial charge in [-0.3, -0.25) is 14.9 Å². The van der Waals surface area contributed by atoms with E-state index in [1.165, 1.54) is 0 Å². The molecule has 2 N–H and O–H groups in total. The maximum atomic E-state index is 12.0. The lowest BCUT2D eigenvalue weighted by molar-refractivity contribution is -0.384. The molecule has 0 aliphatic rings. The fourth-order valence-corrected chi connectivity index (χ4v) is 1.56. The van der Waals surface area contributed by atoms with Crippen LogP contribution in [0.2, 0.25) is 0 Å². The van der Waals surface area contributed by atoms with Crippen LogP contribution in [0.1, 0.15) is 41.5 Å². The molecule has 1 rings (SSSR count). The van der Waals surface area contributed by atoms with Crippen molar-refractivity contribution in [1.82, 2.24) is 5.32 Å². The summed E-state index contributed by atoms with van der Waals surface area (Å²) < 4.78 is 0. The van der Waals surface area contributed by atoms with E-state index >= 15 is 0 Å². The lowest BCUT2D eigenvalue weighted by atomic mass is 9.98. The molecule has 1 amide bonds. The maximum absolute atomic E-state index is 12.0. The monoisotopic (exact) mass is 294 g/mol. The lowest BCUT2D eigenvalue weighted by Gasteiger charge is -2.16. The summed E-state index contributed by atoms with van der Waals surface area (Å²) in [6, 6.07) is 3.13. The number of nitrogens with zero attached hydrogens (tertiary/aromatic N) is 1. The van der Waals surface area contributed by atoms with Crippen LogP contribution in [0.3, 0.4) is 0 Å². The van der Waals surface area contributed by atoms with Gasteiger partial charge in [-0.25, -0.2) is 4.79 Å². The molecule has 0 fully saturated rings. The number of carbonyl (C=O) groups excluding carboxylic acids is 1. The van der Waals surface area contributed by atoms with Gasteiger partial charge in [0, 0.05) is 24.2 Å². The van der Waals surface area contributed by atoms with Crippen molar-refractivity contribution >= 4 is 17.6 Å². The largest absolute Gasteiger partial charge is 0.478 e. The van der Waals surface area contributed by atoms with Crippen LogP contribution < -0.4 is 5.32 Å². The lowest BCUT2D eigenvalue weighted by Crippen LogP contribution is -2.30. The van der Waals surface area contributed by atoms with Gasteiger partial charge in [0.15, 0.2) is 0 Å². The normalized spacial score (nSPS) is 12.0. The van der Waals surface area contributed by atoms with E-state index in [0.29, 0.717) is 12.5 Å². The Balaban J connectivity index is 2.98. The molecule has 0 aliphatic heterocycles. The molecule has 0 bridgehead atoms. The fraction of sp³-hybridized carbons (Fsp3) is 0.429. The van der Waals surface area contributed by atoms with Gasteiger partial charge < -0.3 is 10.4 Å². The molecule has 0 heterocycles. The predicted molar refractivity (Wildman–Crippen MR) is 76.4 cm³/mol. The number of hydrogen-bond acceptors (Lipinski definition) is 4. The van der Waals surface area contributed by atoms with Gasteiger partial charge in [0.25, 0.3) is 11.6 Å². The van der Waals surface area contributed by atoms with Gasteiger partial charge >= 0.3 is 5.97 Å². The number of amides is 1. The minimum atomic E-state index is -1.32. The summed E-state index contributed by atoms with van der Waals surface area (Å²) in [4.78, 5) is 33.0. The van der Waals surface area contributed by atoms with Crippen LogP contribution in [0.4, 0.5) is 5.69 Å². The molecule has 1 aromatic rings. The highest BCUT2D eigenvalue weighted by Gasteiger charge is 2.18. The highest BCUT2D eigenvalue weighted by atomic mass is 16.6. The quantitative estimate of drug-likeness (QED) is 0.618. The molecule has 1 unspecified atom stereocenters. The number of rotatable bonds is 6. The average molecular weight is 294 g/mol. The van der Waals surface area contributed by atoms with Crippen LogP contribution in [-0.4, -0.2) is 28.5 Å². The molecule has 1 atom stereocenters. The third-order valence-electron chi connectivity index (χ3n) is 3.36. The van der Waals surface area contributed by atoms with Crippen molar-refractivity contribution in [2.75, 3.05) is 6.54 Å². The topological polar surface area (TPSA) is 110 Å². The summed E-state index contributed by atoms with van der Waals surface area (Å²) >= 11 is 0. The SMILES string of the molecule is CC(C)C(C)CNC(=O)c1cc(C(=O)O)cc([N+](=O)[O-])c1. The van der Waals surface area contributed by atoms with Crippen LogP contribution >= 0.6 is 0 Å². The second-order valence-electron chi connectivity index (χ2n) is 5.26. The van der Waals surface area contributed by atoms with Crippen molar-refractivity contribution in [1.29, 1.82) is 0 Å². The summed E-state index contributed by atoms with van der Waals surface area (Å²) in [6.07, 6.45) is 0. The van der Waals surface area contributed by atoms with E-state index in [-0.39, 0.29) is 17.0 Å². The number of hydrogen-bond donors (Lipinski definition) is 2. The first-order valence-electron chi connectivity index (χ1n) is 6.53. The smallest absolute Gasteiger partial charge is 0.335 e. The average Bonchev–Trinajstić information content (AvgIpc) is 2.43. The first-order chi connectivity index (χ1) is 9.72. The Bertz CT molecular complexity index is 536. The molecule has 21 heavy (non-hydrogen) atoms. The Morgan fingerprint density at radius 2 is 1.81 bits per heavy atom. The van der Waals surface area contributed by atoms with E-state index in [9.17, 15) is 19.7 Å². The van der Waals surface area contributed by atoms with E-state index in [0.717, 1.165) is 18.2 Å². The Hall–Kier alpha value is -2.44. The molecule has 7 nitrogen and oxygen atoms in total. The van der Waals surface area contributed by atoms with E-state index in [2.05, 4.69) is 5.32 Å². The zero-order chi connectivity index (χ0) is 16.2. The molecule has 0 radical (unpaired) electrons. The number of nitrogens with one attached hydrogen (secondary N) is 1. The van der Waals surface area contributed by atoms with Gasteiger partial charge in [-0.1, -0.05) is 20.8 Å². The predicted octanol–water partition coefficient (Wildman–Crippen LogP) is 2.31. The maximum Gasteiger partial charge on any atom is 0.335 e. The van der Waals surface area contributed by atoms with E-state index < -0.39 is 22.5 Å². The third-order valence-corrected chi connectivity index (χ3v) is 3.36. The van der Waals surface area contributed by atoms with Crippen molar-refractivity contribution in [2.45, 2.75) is 20.8 Å². The molecule has 0 saturated heterocycles.